The first-order valence-electron chi connectivity index (χ1n) is 6.50. The lowest BCUT2D eigenvalue weighted by molar-refractivity contribution is -0.146. The second-order valence-corrected chi connectivity index (χ2v) is 7.74. The number of methoxy groups -OCH3 is 1. The summed E-state index contributed by atoms with van der Waals surface area (Å²) in [6.07, 6.45) is 1.27. The second kappa shape index (κ2) is 6.19. The number of esters is 1. The number of carbonyl (C=O) groups excluding carboxylic acids is 1. The van der Waals surface area contributed by atoms with Crippen LogP contribution in [0.4, 0.5) is 0 Å². The summed E-state index contributed by atoms with van der Waals surface area (Å²) >= 11 is 0. The van der Waals surface area contributed by atoms with E-state index in [0.29, 0.717) is 13.0 Å². The Kier molecular flexibility index (Phi) is 5.34. The van der Waals surface area contributed by atoms with Gasteiger partial charge in [0.15, 0.2) is 9.84 Å². The third-order valence-corrected chi connectivity index (χ3v) is 5.40. The van der Waals surface area contributed by atoms with Crippen molar-refractivity contribution in [1.82, 2.24) is 4.90 Å². The highest BCUT2D eigenvalue weighted by atomic mass is 32.2. The highest BCUT2D eigenvalue weighted by Gasteiger charge is 2.31. The Morgan fingerprint density at radius 1 is 1.53 bits per heavy atom. The fourth-order valence-electron chi connectivity index (χ4n) is 2.35. The summed E-state index contributed by atoms with van der Waals surface area (Å²) in [6, 6.07) is 0.0286. The van der Waals surface area contributed by atoms with Crippen molar-refractivity contribution in [3.8, 4) is 0 Å². The molecule has 6 nitrogen and oxygen atoms in total. The van der Waals surface area contributed by atoms with E-state index in [1.807, 2.05) is 6.92 Å². The van der Waals surface area contributed by atoms with E-state index < -0.39 is 21.3 Å². The van der Waals surface area contributed by atoms with Gasteiger partial charge in [0.25, 0.3) is 0 Å². The van der Waals surface area contributed by atoms with Crippen LogP contribution >= 0.6 is 0 Å². The molecule has 2 N–H and O–H groups in total. The van der Waals surface area contributed by atoms with Crippen molar-refractivity contribution >= 4 is 15.8 Å². The molecule has 1 aliphatic rings. The van der Waals surface area contributed by atoms with E-state index in [4.69, 9.17) is 5.73 Å². The van der Waals surface area contributed by atoms with Gasteiger partial charge in [-0.05, 0) is 33.2 Å². The third-order valence-electron chi connectivity index (χ3n) is 3.60. The van der Waals surface area contributed by atoms with E-state index in [0.717, 1.165) is 13.0 Å². The first-order valence-corrected chi connectivity index (χ1v) is 8.32. The molecule has 1 fully saturated rings. The number of rotatable bonds is 5. The molecule has 0 aromatic carbocycles. The van der Waals surface area contributed by atoms with Crippen molar-refractivity contribution in [2.75, 3.05) is 31.7 Å². The number of hydrogen-bond acceptors (Lipinski definition) is 6. The Labute approximate surface area is 115 Å². The van der Waals surface area contributed by atoms with Crippen LogP contribution in [0.2, 0.25) is 0 Å². The topological polar surface area (TPSA) is 89.7 Å². The van der Waals surface area contributed by atoms with Gasteiger partial charge in [-0.1, -0.05) is 0 Å². The van der Waals surface area contributed by atoms with Gasteiger partial charge in [0.1, 0.15) is 5.54 Å². The molecular formula is C12H24N2O4S. The van der Waals surface area contributed by atoms with E-state index in [1.165, 1.54) is 7.11 Å². The summed E-state index contributed by atoms with van der Waals surface area (Å²) in [7, 11) is -1.55. The molecule has 7 heteroatoms. The predicted molar refractivity (Wildman–Crippen MR) is 73.5 cm³/mol. The van der Waals surface area contributed by atoms with Gasteiger partial charge in [-0.15, -0.1) is 0 Å². The monoisotopic (exact) mass is 292 g/mol. The predicted octanol–water partition coefficient (Wildman–Crippen LogP) is -0.224. The van der Waals surface area contributed by atoms with Crippen molar-refractivity contribution in [1.29, 1.82) is 0 Å². The summed E-state index contributed by atoms with van der Waals surface area (Å²) in [4.78, 5) is 13.6. The van der Waals surface area contributed by atoms with Crippen molar-refractivity contribution in [2.45, 2.75) is 38.3 Å². The van der Waals surface area contributed by atoms with E-state index in [2.05, 4.69) is 9.64 Å². The molecule has 1 heterocycles. The largest absolute Gasteiger partial charge is 0.468 e. The second-order valence-electron chi connectivity index (χ2n) is 5.51. The molecule has 1 rings (SSSR count). The molecule has 0 radical (unpaired) electrons. The van der Waals surface area contributed by atoms with Crippen LogP contribution in [0.3, 0.4) is 0 Å². The van der Waals surface area contributed by atoms with Gasteiger partial charge in [0.2, 0.25) is 0 Å². The molecule has 0 amide bonds. The molecule has 0 saturated carbocycles. The number of hydrogen-bond donors (Lipinski definition) is 1. The third kappa shape index (κ3) is 4.74. The Morgan fingerprint density at radius 2 is 2.16 bits per heavy atom. The normalized spacial score (nSPS) is 26.6. The maximum absolute atomic E-state index is 11.5. The van der Waals surface area contributed by atoms with Crippen LogP contribution in [-0.2, 0) is 19.4 Å². The van der Waals surface area contributed by atoms with E-state index >= 15 is 0 Å². The number of sulfone groups is 1. The fraction of sp³-hybridized carbons (Fsp3) is 0.917. The van der Waals surface area contributed by atoms with Crippen LogP contribution < -0.4 is 5.73 Å². The number of ether oxygens (including phenoxy) is 1. The van der Waals surface area contributed by atoms with Crippen LogP contribution in [-0.4, -0.2) is 62.6 Å². The number of nitrogens with two attached hydrogens (primary N) is 1. The van der Waals surface area contributed by atoms with Crippen LogP contribution in [0.1, 0.15) is 26.7 Å². The van der Waals surface area contributed by atoms with Gasteiger partial charge < -0.3 is 10.5 Å². The number of carbonyl (C=O) groups is 1. The molecule has 112 valence electrons. The van der Waals surface area contributed by atoms with Crippen molar-refractivity contribution in [3.63, 3.8) is 0 Å². The molecule has 0 aromatic heterocycles. The first-order chi connectivity index (χ1) is 8.68. The maximum Gasteiger partial charge on any atom is 0.325 e. The summed E-state index contributed by atoms with van der Waals surface area (Å²) in [5.74, 6) is 0.0137. The highest BCUT2D eigenvalue weighted by Crippen LogP contribution is 2.15. The van der Waals surface area contributed by atoms with Crippen LogP contribution in [0.15, 0.2) is 0 Å². The molecular weight excluding hydrogens is 268 g/mol. The quantitative estimate of drug-likeness (QED) is 0.704. The minimum Gasteiger partial charge on any atom is -0.468 e. The van der Waals surface area contributed by atoms with Gasteiger partial charge in [0, 0.05) is 12.6 Å². The molecule has 1 saturated heterocycles. The minimum absolute atomic E-state index is 0.0286. The van der Waals surface area contributed by atoms with Gasteiger partial charge in [0.05, 0.1) is 18.6 Å². The first kappa shape index (κ1) is 16.4. The Bertz CT molecular complexity index is 419. The number of nitrogens with zero attached hydrogens (tertiary/aromatic N) is 1. The molecule has 0 spiro atoms. The maximum atomic E-state index is 11.5. The van der Waals surface area contributed by atoms with Crippen molar-refractivity contribution in [3.05, 3.63) is 0 Å². The van der Waals surface area contributed by atoms with Crippen LogP contribution in [0, 0.1) is 0 Å². The van der Waals surface area contributed by atoms with Gasteiger partial charge >= 0.3 is 5.97 Å². The molecule has 1 aliphatic heterocycles. The molecule has 0 aromatic rings. The SMILES string of the molecule is COC(=O)C(C)(N)CCCN1CCS(=O)(=O)CC1C. The molecule has 2 unspecified atom stereocenters. The van der Waals surface area contributed by atoms with Gasteiger partial charge in [-0.25, -0.2) is 8.42 Å². The molecule has 0 bridgehead atoms. The standard InChI is InChI=1S/C12H24N2O4S/c1-10-9-19(16,17)8-7-14(10)6-4-5-12(2,13)11(15)18-3/h10H,4-9,13H2,1-3H3. The highest BCUT2D eigenvalue weighted by molar-refractivity contribution is 7.91. The average Bonchev–Trinajstić information content (AvgIpc) is 2.30. The zero-order valence-electron chi connectivity index (χ0n) is 11.9. The Balaban J connectivity index is 2.40. The van der Waals surface area contributed by atoms with Crippen LogP contribution in [0.25, 0.3) is 0 Å². The summed E-state index contributed by atoms with van der Waals surface area (Å²) in [5, 5.41) is 0. The lowest BCUT2D eigenvalue weighted by atomic mass is 9.97. The van der Waals surface area contributed by atoms with Crippen LogP contribution in [0.5, 0.6) is 0 Å². The molecule has 0 aliphatic carbocycles. The van der Waals surface area contributed by atoms with E-state index in [1.54, 1.807) is 6.92 Å². The zero-order chi connectivity index (χ0) is 14.7. The Hall–Kier alpha value is -0.660. The molecule has 19 heavy (non-hydrogen) atoms. The Morgan fingerprint density at radius 3 is 2.68 bits per heavy atom. The smallest absolute Gasteiger partial charge is 0.325 e. The van der Waals surface area contributed by atoms with Crippen molar-refractivity contribution < 1.29 is 17.9 Å². The fourth-order valence-corrected chi connectivity index (χ4v) is 3.97. The van der Waals surface area contributed by atoms with Gasteiger partial charge in [-0.3, -0.25) is 9.69 Å². The minimum atomic E-state index is -2.88. The van der Waals surface area contributed by atoms with E-state index in [9.17, 15) is 13.2 Å². The zero-order valence-corrected chi connectivity index (χ0v) is 12.7. The summed E-state index contributed by atoms with van der Waals surface area (Å²) < 4.78 is 27.6. The lowest BCUT2D eigenvalue weighted by Gasteiger charge is -2.33. The van der Waals surface area contributed by atoms with Gasteiger partial charge in [-0.2, -0.15) is 0 Å². The average molecular weight is 292 g/mol. The molecule has 2 atom stereocenters. The van der Waals surface area contributed by atoms with E-state index in [-0.39, 0.29) is 17.5 Å². The lowest BCUT2D eigenvalue weighted by Crippen LogP contribution is -2.49. The summed E-state index contributed by atoms with van der Waals surface area (Å²) in [5.41, 5.74) is 4.90. The van der Waals surface area contributed by atoms with Crippen molar-refractivity contribution in [2.24, 2.45) is 5.73 Å². The summed E-state index contributed by atoms with van der Waals surface area (Å²) in [6.45, 7) is 4.88.